The molecular formula is C24H17Cl2NO3. The van der Waals surface area contributed by atoms with Gasteiger partial charge in [0.25, 0.3) is 11.7 Å². The van der Waals surface area contributed by atoms with Crippen molar-refractivity contribution in [2.45, 2.75) is 13.0 Å². The molecule has 1 amide bonds. The fourth-order valence-electron chi connectivity index (χ4n) is 3.57. The zero-order valence-corrected chi connectivity index (χ0v) is 17.5. The van der Waals surface area contributed by atoms with Crippen LogP contribution in [0, 0.1) is 6.92 Å². The molecule has 30 heavy (non-hydrogen) atoms. The second-order valence-electron chi connectivity index (χ2n) is 6.99. The van der Waals surface area contributed by atoms with Gasteiger partial charge in [-0.1, -0.05) is 77.8 Å². The zero-order valence-electron chi connectivity index (χ0n) is 16.0. The van der Waals surface area contributed by atoms with Crippen LogP contribution < -0.4 is 4.90 Å². The molecule has 6 heteroatoms. The van der Waals surface area contributed by atoms with Crippen molar-refractivity contribution in [3.63, 3.8) is 0 Å². The number of benzene rings is 3. The molecule has 0 aliphatic carbocycles. The minimum absolute atomic E-state index is 0.0176. The summed E-state index contributed by atoms with van der Waals surface area (Å²) in [7, 11) is 0. The SMILES string of the molecule is Cc1ccc(N2C(=O)C(=O)/C(=C(/O)c3ccccc3)[C@H]2c2ccccc2Cl)cc1Cl. The van der Waals surface area contributed by atoms with Crippen LogP contribution >= 0.6 is 23.2 Å². The fraction of sp³-hybridized carbons (Fsp3) is 0.0833. The molecule has 1 N–H and O–H groups in total. The standard InChI is InChI=1S/C24H17Cl2NO3/c1-14-11-12-16(13-19(14)26)27-21(17-9-5-6-10-18(17)25)20(23(29)24(27)30)22(28)15-7-3-2-4-8-15/h2-13,21,28H,1H3/b22-20+/t21-/m1/s1. The van der Waals surface area contributed by atoms with Gasteiger partial charge in [0.15, 0.2) is 0 Å². The second kappa shape index (κ2) is 7.98. The molecule has 0 spiro atoms. The lowest BCUT2D eigenvalue weighted by Gasteiger charge is -2.26. The molecule has 1 atom stereocenters. The number of nitrogens with zero attached hydrogens (tertiary/aromatic N) is 1. The summed E-state index contributed by atoms with van der Waals surface area (Å²) in [5.41, 5.74) is 2.25. The average molecular weight is 438 g/mol. The summed E-state index contributed by atoms with van der Waals surface area (Å²) in [4.78, 5) is 27.5. The van der Waals surface area contributed by atoms with Gasteiger partial charge in [0.1, 0.15) is 5.76 Å². The number of amides is 1. The summed E-state index contributed by atoms with van der Waals surface area (Å²) < 4.78 is 0. The molecule has 0 aromatic heterocycles. The van der Waals surface area contributed by atoms with Crippen LogP contribution in [0.25, 0.3) is 5.76 Å². The minimum Gasteiger partial charge on any atom is -0.507 e. The van der Waals surface area contributed by atoms with E-state index in [0.717, 1.165) is 5.56 Å². The Morgan fingerprint density at radius 1 is 0.900 bits per heavy atom. The Morgan fingerprint density at radius 3 is 2.23 bits per heavy atom. The molecule has 0 saturated carbocycles. The van der Waals surface area contributed by atoms with Gasteiger partial charge in [0.05, 0.1) is 11.6 Å². The van der Waals surface area contributed by atoms with Gasteiger partial charge in [-0.05, 0) is 36.2 Å². The lowest BCUT2D eigenvalue weighted by Crippen LogP contribution is -2.29. The maximum absolute atomic E-state index is 13.1. The molecule has 4 nitrogen and oxygen atoms in total. The van der Waals surface area contributed by atoms with E-state index in [1.165, 1.54) is 4.90 Å². The van der Waals surface area contributed by atoms with Crippen LogP contribution in [-0.2, 0) is 9.59 Å². The molecule has 150 valence electrons. The highest BCUT2D eigenvalue weighted by atomic mass is 35.5. The first-order chi connectivity index (χ1) is 14.4. The lowest BCUT2D eigenvalue weighted by atomic mass is 9.95. The summed E-state index contributed by atoms with van der Waals surface area (Å²) in [5.74, 6) is -1.78. The molecule has 1 aliphatic rings. The van der Waals surface area contributed by atoms with E-state index >= 15 is 0 Å². The zero-order chi connectivity index (χ0) is 21.4. The van der Waals surface area contributed by atoms with Crippen molar-refractivity contribution in [1.82, 2.24) is 0 Å². The number of rotatable bonds is 3. The highest BCUT2D eigenvalue weighted by molar-refractivity contribution is 6.52. The minimum atomic E-state index is -0.891. The molecule has 0 unspecified atom stereocenters. The third-order valence-electron chi connectivity index (χ3n) is 5.13. The first-order valence-electron chi connectivity index (χ1n) is 9.27. The number of aliphatic hydroxyl groups is 1. The van der Waals surface area contributed by atoms with Crippen molar-refractivity contribution in [3.8, 4) is 0 Å². The Bertz CT molecular complexity index is 1190. The number of halogens is 2. The van der Waals surface area contributed by atoms with Gasteiger partial charge in [0.2, 0.25) is 0 Å². The number of anilines is 1. The Balaban J connectivity index is 1.99. The van der Waals surface area contributed by atoms with Crippen molar-refractivity contribution >= 4 is 46.3 Å². The van der Waals surface area contributed by atoms with E-state index in [1.807, 2.05) is 6.92 Å². The van der Waals surface area contributed by atoms with E-state index in [0.29, 0.717) is 26.9 Å². The van der Waals surface area contributed by atoms with E-state index in [2.05, 4.69) is 0 Å². The van der Waals surface area contributed by atoms with E-state index in [-0.39, 0.29) is 11.3 Å². The largest absolute Gasteiger partial charge is 0.507 e. The number of ketones is 1. The Kier molecular flexibility index (Phi) is 5.37. The normalized spacial score (nSPS) is 18.1. The Morgan fingerprint density at radius 2 is 1.57 bits per heavy atom. The molecule has 4 rings (SSSR count). The van der Waals surface area contributed by atoms with E-state index in [9.17, 15) is 14.7 Å². The van der Waals surface area contributed by atoms with E-state index in [1.54, 1.807) is 72.8 Å². The molecule has 3 aromatic rings. The van der Waals surface area contributed by atoms with Crippen LogP contribution in [0.3, 0.4) is 0 Å². The van der Waals surface area contributed by atoms with Crippen molar-refractivity contribution in [1.29, 1.82) is 0 Å². The number of hydrogen-bond acceptors (Lipinski definition) is 3. The van der Waals surface area contributed by atoms with Gasteiger partial charge in [0, 0.05) is 21.3 Å². The number of aliphatic hydroxyl groups excluding tert-OH is 1. The van der Waals surface area contributed by atoms with Gasteiger partial charge >= 0.3 is 0 Å². The van der Waals surface area contributed by atoms with Gasteiger partial charge < -0.3 is 5.11 Å². The topological polar surface area (TPSA) is 57.6 Å². The molecule has 1 aliphatic heterocycles. The van der Waals surface area contributed by atoms with Gasteiger partial charge in [-0.25, -0.2) is 0 Å². The van der Waals surface area contributed by atoms with Gasteiger partial charge in [-0.3, -0.25) is 14.5 Å². The molecule has 1 saturated heterocycles. The number of Topliss-reactive ketones (excluding diaryl/α,β-unsaturated/α-hetero) is 1. The molecule has 0 bridgehead atoms. The highest BCUT2D eigenvalue weighted by Crippen LogP contribution is 2.44. The Hall–Kier alpha value is -3.08. The monoisotopic (exact) mass is 437 g/mol. The first-order valence-corrected chi connectivity index (χ1v) is 10.0. The lowest BCUT2D eigenvalue weighted by molar-refractivity contribution is -0.132. The molecule has 1 heterocycles. The number of carbonyl (C=O) groups is 2. The molecular weight excluding hydrogens is 421 g/mol. The predicted molar refractivity (Wildman–Crippen MR) is 119 cm³/mol. The summed E-state index contributed by atoms with van der Waals surface area (Å²) in [6.45, 7) is 1.85. The van der Waals surface area contributed by atoms with Crippen LogP contribution in [0.5, 0.6) is 0 Å². The van der Waals surface area contributed by atoms with Crippen LogP contribution in [0.2, 0.25) is 10.0 Å². The second-order valence-corrected chi connectivity index (χ2v) is 7.80. The molecule has 3 aromatic carbocycles. The number of hydrogen-bond donors (Lipinski definition) is 1. The van der Waals surface area contributed by atoms with Crippen molar-refractivity contribution in [2.24, 2.45) is 0 Å². The average Bonchev–Trinajstić information content (AvgIpc) is 3.01. The summed E-state index contributed by atoms with van der Waals surface area (Å²) in [6.07, 6.45) is 0. The maximum atomic E-state index is 13.1. The quantitative estimate of drug-likeness (QED) is 0.313. The van der Waals surface area contributed by atoms with Crippen LogP contribution in [-0.4, -0.2) is 16.8 Å². The van der Waals surface area contributed by atoms with Gasteiger partial charge in [-0.2, -0.15) is 0 Å². The van der Waals surface area contributed by atoms with Crippen molar-refractivity contribution in [3.05, 3.63) is 105 Å². The van der Waals surface area contributed by atoms with Crippen LogP contribution in [0.4, 0.5) is 5.69 Å². The van der Waals surface area contributed by atoms with E-state index in [4.69, 9.17) is 23.2 Å². The smallest absolute Gasteiger partial charge is 0.300 e. The number of aryl methyl sites for hydroxylation is 1. The predicted octanol–water partition coefficient (Wildman–Crippen LogP) is 5.93. The first kappa shape index (κ1) is 20.2. The van der Waals surface area contributed by atoms with Crippen molar-refractivity contribution < 1.29 is 14.7 Å². The summed E-state index contributed by atoms with van der Waals surface area (Å²) in [6, 6.07) is 19.8. The Labute approximate surface area is 184 Å². The molecule has 1 fully saturated rings. The maximum Gasteiger partial charge on any atom is 0.300 e. The highest BCUT2D eigenvalue weighted by Gasteiger charge is 2.47. The van der Waals surface area contributed by atoms with Gasteiger partial charge in [-0.15, -0.1) is 0 Å². The third kappa shape index (κ3) is 3.38. The molecule has 0 radical (unpaired) electrons. The summed E-state index contributed by atoms with van der Waals surface area (Å²) >= 11 is 12.7. The van der Waals surface area contributed by atoms with Crippen LogP contribution in [0.1, 0.15) is 22.7 Å². The fourth-order valence-corrected chi connectivity index (χ4v) is 3.99. The summed E-state index contributed by atoms with van der Waals surface area (Å²) in [5, 5.41) is 11.9. The van der Waals surface area contributed by atoms with Crippen LogP contribution in [0.15, 0.2) is 78.4 Å². The third-order valence-corrected chi connectivity index (χ3v) is 5.88. The van der Waals surface area contributed by atoms with Crippen molar-refractivity contribution in [2.75, 3.05) is 4.90 Å². The van der Waals surface area contributed by atoms with E-state index < -0.39 is 17.7 Å². The number of carbonyl (C=O) groups excluding carboxylic acids is 2.